The number of anilines is 2. The summed E-state index contributed by atoms with van der Waals surface area (Å²) in [7, 11) is 3.63. The van der Waals surface area contributed by atoms with Crippen molar-refractivity contribution in [1.82, 2.24) is 9.97 Å². The maximum Gasteiger partial charge on any atom is 0.318 e. The second-order valence-electron chi connectivity index (χ2n) is 5.01. The quantitative estimate of drug-likeness (QED) is 0.827. The van der Waals surface area contributed by atoms with Gasteiger partial charge in [-0.2, -0.15) is 4.98 Å². The Labute approximate surface area is 145 Å². The molecule has 0 fully saturated rings. The zero-order valence-corrected chi connectivity index (χ0v) is 14.5. The summed E-state index contributed by atoms with van der Waals surface area (Å²) in [4.78, 5) is 22.2. The molecule has 0 spiro atoms. The average Bonchev–Trinajstić information content (AvgIpc) is 2.56. The van der Waals surface area contributed by atoms with Crippen molar-refractivity contribution in [2.75, 3.05) is 37.5 Å². The molecule has 1 aromatic heterocycles. The van der Waals surface area contributed by atoms with Gasteiger partial charge in [0, 0.05) is 19.1 Å². The summed E-state index contributed by atoms with van der Waals surface area (Å²) in [5, 5.41) is 3.34. The van der Waals surface area contributed by atoms with Gasteiger partial charge in [0.2, 0.25) is 0 Å². The molecule has 0 unspecified atom stereocenters. The second kappa shape index (κ2) is 8.35. The molecular formula is C16H19ClN4O3. The van der Waals surface area contributed by atoms with Crippen LogP contribution in [0.25, 0.3) is 0 Å². The summed E-state index contributed by atoms with van der Waals surface area (Å²) in [6.07, 6.45) is 1.51. The fourth-order valence-corrected chi connectivity index (χ4v) is 1.98. The van der Waals surface area contributed by atoms with Crippen molar-refractivity contribution in [3.05, 3.63) is 35.5 Å². The number of hydrogen-bond acceptors (Lipinski definition) is 6. The molecule has 24 heavy (non-hydrogen) atoms. The number of benzene rings is 1. The molecule has 0 aliphatic heterocycles. The molecule has 0 aliphatic carbocycles. The zero-order valence-electron chi connectivity index (χ0n) is 13.7. The molecule has 1 N–H and O–H groups in total. The molecule has 0 atom stereocenters. The van der Waals surface area contributed by atoms with Crippen LogP contribution in [0.4, 0.5) is 11.5 Å². The van der Waals surface area contributed by atoms with Gasteiger partial charge in [0.25, 0.3) is 5.91 Å². The standard InChI is InChI=1S/C16H19ClN4O3/c1-4-23-16-18-9-13(15(20-16)21(2)3)19-14(22)10-24-12-7-5-11(17)6-8-12/h5-9H,4,10H2,1-3H3,(H,19,22). The van der Waals surface area contributed by atoms with Crippen LogP contribution in [0.5, 0.6) is 11.8 Å². The number of aromatic nitrogens is 2. The third-order valence-corrected chi connectivity index (χ3v) is 3.15. The Morgan fingerprint density at radius 3 is 2.58 bits per heavy atom. The molecule has 0 saturated carbocycles. The molecule has 8 heteroatoms. The lowest BCUT2D eigenvalue weighted by Gasteiger charge is -2.17. The first kappa shape index (κ1) is 17.8. The van der Waals surface area contributed by atoms with Gasteiger partial charge >= 0.3 is 6.01 Å². The number of carbonyl (C=O) groups excluding carboxylic acids is 1. The Balaban J connectivity index is 2.01. The molecule has 7 nitrogen and oxygen atoms in total. The first-order valence-corrected chi connectivity index (χ1v) is 7.72. The van der Waals surface area contributed by atoms with Crippen LogP contribution >= 0.6 is 11.6 Å². The molecule has 128 valence electrons. The number of nitrogens with zero attached hydrogens (tertiary/aromatic N) is 3. The third kappa shape index (κ3) is 4.99. The van der Waals surface area contributed by atoms with Gasteiger partial charge in [0.05, 0.1) is 12.8 Å². The Morgan fingerprint density at radius 1 is 1.25 bits per heavy atom. The molecule has 2 aromatic rings. The molecule has 0 aliphatic rings. The van der Waals surface area contributed by atoms with Gasteiger partial charge in [0.1, 0.15) is 11.4 Å². The van der Waals surface area contributed by atoms with E-state index in [0.29, 0.717) is 28.9 Å². The Kier molecular flexibility index (Phi) is 6.20. The van der Waals surface area contributed by atoms with Crippen LogP contribution in [-0.2, 0) is 4.79 Å². The topological polar surface area (TPSA) is 76.6 Å². The first-order chi connectivity index (χ1) is 11.5. The average molecular weight is 351 g/mol. The number of rotatable bonds is 7. The van der Waals surface area contributed by atoms with Gasteiger partial charge in [-0.25, -0.2) is 4.98 Å². The van der Waals surface area contributed by atoms with Gasteiger partial charge in [-0.15, -0.1) is 0 Å². The molecule has 1 heterocycles. The summed E-state index contributed by atoms with van der Waals surface area (Å²) in [6, 6.07) is 7.04. The van der Waals surface area contributed by atoms with Crippen molar-refractivity contribution in [3.63, 3.8) is 0 Å². The van der Waals surface area contributed by atoms with Crippen LogP contribution in [0.1, 0.15) is 6.92 Å². The fraction of sp³-hybridized carbons (Fsp3) is 0.312. The zero-order chi connectivity index (χ0) is 17.5. The normalized spacial score (nSPS) is 10.2. The van der Waals surface area contributed by atoms with E-state index in [9.17, 15) is 4.79 Å². The molecule has 0 bridgehead atoms. The van der Waals surface area contributed by atoms with Gasteiger partial charge in [0.15, 0.2) is 12.4 Å². The lowest BCUT2D eigenvalue weighted by Crippen LogP contribution is -2.23. The number of ether oxygens (including phenoxy) is 2. The Morgan fingerprint density at radius 2 is 1.96 bits per heavy atom. The molecule has 1 amide bonds. The van der Waals surface area contributed by atoms with Crippen molar-refractivity contribution >= 4 is 29.0 Å². The van der Waals surface area contributed by atoms with Crippen LogP contribution < -0.4 is 19.7 Å². The minimum atomic E-state index is -0.319. The summed E-state index contributed by atoms with van der Waals surface area (Å²) < 4.78 is 10.7. The molecule has 1 aromatic carbocycles. The highest BCUT2D eigenvalue weighted by molar-refractivity contribution is 6.30. The van der Waals surface area contributed by atoms with E-state index in [4.69, 9.17) is 21.1 Å². The summed E-state index contributed by atoms with van der Waals surface area (Å²) in [6.45, 7) is 2.18. The first-order valence-electron chi connectivity index (χ1n) is 7.35. The second-order valence-corrected chi connectivity index (χ2v) is 5.44. The van der Waals surface area contributed by atoms with Crippen LogP contribution in [0.3, 0.4) is 0 Å². The van der Waals surface area contributed by atoms with Crippen LogP contribution in [0.2, 0.25) is 5.02 Å². The fourth-order valence-electron chi connectivity index (χ4n) is 1.85. The highest BCUT2D eigenvalue weighted by atomic mass is 35.5. The van der Waals surface area contributed by atoms with Crippen molar-refractivity contribution in [3.8, 4) is 11.8 Å². The Hall–Kier alpha value is -2.54. The van der Waals surface area contributed by atoms with E-state index >= 15 is 0 Å². The lowest BCUT2D eigenvalue weighted by atomic mass is 10.3. The maximum absolute atomic E-state index is 12.1. The number of amides is 1. The largest absolute Gasteiger partial charge is 0.484 e. The predicted molar refractivity (Wildman–Crippen MR) is 93.1 cm³/mol. The Bertz CT molecular complexity index is 692. The maximum atomic E-state index is 12.1. The summed E-state index contributed by atoms with van der Waals surface area (Å²) in [5.41, 5.74) is 0.480. The third-order valence-electron chi connectivity index (χ3n) is 2.90. The van der Waals surface area contributed by atoms with Gasteiger partial charge in [-0.1, -0.05) is 11.6 Å². The van der Waals surface area contributed by atoms with Crippen LogP contribution in [0.15, 0.2) is 30.5 Å². The minimum Gasteiger partial charge on any atom is -0.484 e. The number of hydrogen-bond donors (Lipinski definition) is 1. The highest BCUT2D eigenvalue weighted by Gasteiger charge is 2.13. The van der Waals surface area contributed by atoms with Crippen LogP contribution in [-0.4, -0.2) is 43.2 Å². The predicted octanol–water partition coefficient (Wildman–Crippen LogP) is 2.61. The summed E-state index contributed by atoms with van der Waals surface area (Å²) >= 11 is 5.80. The van der Waals surface area contributed by atoms with Gasteiger partial charge in [-0.3, -0.25) is 4.79 Å². The van der Waals surface area contributed by atoms with E-state index in [2.05, 4.69) is 15.3 Å². The van der Waals surface area contributed by atoms with E-state index in [1.54, 1.807) is 29.2 Å². The van der Waals surface area contributed by atoms with E-state index in [1.165, 1.54) is 6.20 Å². The van der Waals surface area contributed by atoms with Gasteiger partial charge in [-0.05, 0) is 31.2 Å². The van der Waals surface area contributed by atoms with Crippen molar-refractivity contribution < 1.29 is 14.3 Å². The highest BCUT2D eigenvalue weighted by Crippen LogP contribution is 2.23. The van der Waals surface area contributed by atoms with E-state index in [0.717, 1.165) is 0 Å². The van der Waals surface area contributed by atoms with Crippen molar-refractivity contribution in [2.45, 2.75) is 6.92 Å². The smallest absolute Gasteiger partial charge is 0.318 e. The van der Waals surface area contributed by atoms with Crippen molar-refractivity contribution in [2.24, 2.45) is 0 Å². The molecule has 0 saturated heterocycles. The lowest BCUT2D eigenvalue weighted by molar-refractivity contribution is -0.118. The summed E-state index contributed by atoms with van der Waals surface area (Å²) in [5.74, 6) is 0.791. The number of nitrogens with one attached hydrogen (secondary N) is 1. The SMILES string of the molecule is CCOc1ncc(NC(=O)COc2ccc(Cl)cc2)c(N(C)C)n1. The van der Waals surface area contributed by atoms with Gasteiger partial charge < -0.3 is 19.7 Å². The molecule has 2 rings (SSSR count). The van der Waals surface area contributed by atoms with Crippen LogP contribution in [0, 0.1) is 0 Å². The monoisotopic (exact) mass is 350 g/mol. The molecular weight excluding hydrogens is 332 g/mol. The minimum absolute atomic E-state index is 0.137. The van der Waals surface area contributed by atoms with Crippen molar-refractivity contribution in [1.29, 1.82) is 0 Å². The van der Waals surface area contributed by atoms with E-state index < -0.39 is 0 Å². The van der Waals surface area contributed by atoms with E-state index in [-0.39, 0.29) is 18.5 Å². The number of carbonyl (C=O) groups is 1. The molecule has 0 radical (unpaired) electrons. The van der Waals surface area contributed by atoms with E-state index in [1.807, 2.05) is 21.0 Å². The number of halogens is 1.